The molecule has 2 N–H and O–H groups in total. The molecule has 144 valence electrons. The number of ether oxygens (including phenoxy) is 1. The van der Waals surface area contributed by atoms with E-state index in [1.807, 2.05) is 0 Å². The highest BCUT2D eigenvalue weighted by molar-refractivity contribution is 7.88. The molecule has 0 spiro atoms. The highest BCUT2D eigenvalue weighted by atomic mass is 32.2. The normalized spacial score (nSPS) is 11.7. The van der Waals surface area contributed by atoms with Gasteiger partial charge in [-0.1, -0.05) is 36.4 Å². The standard InChI is InChI=1S/C15H12BF3O7S/c17-15(18,19)27(23,24)26-13-7-6-11(16(21)22)8-12(13)14(20)25-9-10-4-2-1-3-5-10/h1-8,21-22H,9H2. The Labute approximate surface area is 152 Å². The first-order chi connectivity index (χ1) is 12.5. The van der Waals surface area contributed by atoms with E-state index in [2.05, 4.69) is 4.18 Å². The van der Waals surface area contributed by atoms with Crippen LogP contribution in [0.15, 0.2) is 48.5 Å². The number of esters is 1. The highest BCUT2D eigenvalue weighted by Crippen LogP contribution is 2.29. The average molecular weight is 404 g/mol. The van der Waals surface area contributed by atoms with Crippen molar-refractivity contribution in [3.8, 4) is 5.75 Å². The van der Waals surface area contributed by atoms with Crippen molar-refractivity contribution in [1.29, 1.82) is 0 Å². The van der Waals surface area contributed by atoms with Gasteiger partial charge in [0.25, 0.3) is 0 Å². The van der Waals surface area contributed by atoms with Gasteiger partial charge < -0.3 is 19.0 Å². The van der Waals surface area contributed by atoms with Crippen LogP contribution in [0, 0.1) is 0 Å². The third-order valence-corrected chi connectivity index (χ3v) is 4.18. The SMILES string of the molecule is O=C(OCc1ccccc1)c1cc(B(O)O)ccc1OS(=O)(=O)C(F)(F)F. The van der Waals surface area contributed by atoms with Crippen LogP contribution in [0.2, 0.25) is 0 Å². The molecule has 0 bridgehead atoms. The Balaban J connectivity index is 2.33. The Morgan fingerprint density at radius 3 is 2.26 bits per heavy atom. The van der Waals surface area contributed by atoms with Gasteiger partial charge in [0, 0.05) is 0 Å². The van der Waals surface area contributed by atoms with Crippen LogP contribution < -0.4 is 9.65 Å². The summed E-state index contributed by atoms with van der Waals surface area (Å²) in [7, 11) is -8.10. The van der Waals surface area contributed by atoms with Gasteiger partial charge in [-0.05, 0) is 23.2 Å². The summed E-state index contributed by atoms with van der Waals surface area (Å²) in [6.07, 6.45) is 0. The Morgan fingerprint density at radius 1 is 1.07 bits per heavy atom. The molecule has 0 heterocycles. The molecule has 7 nitrogen and oxygen atoms in total. The summed E-state index contributed by atoms with van der Waals surface area (Å²) in [5.41, 5.74) is -6.15. The van der Waals surface area contributed by atoms with Crippen LogP contribution >= 0.6 is 0 Å². The van der Waals surface area contributed by atoms with Crippen LogP contribution in [0.3, 0.4) is 0 Å². The maximum Gasteiger partial charge on any atom is 0.534 e. The van der Waals surface area contributed by atoms with Crippen LogP contribution in [-0.4, -0.2) is 37.1 Å². The molecule has 0 aliphatic heterocycles. The molecule has 2 aromatic carbocycles. The molecule has 2 aromatic rings. The van der Waals surface area contributed by atoms with Gasteiger partial charge >= 0.3 is 28.7 Å². The predicted octanol–water partition coefficient (Wildman–Crippen LogP) is 0.952. The third-order valence-electron chi connectivity index (χ3n) is 3.22. The monoisotopic (exact) mass is 404 g/mol. The van der Waals surface area contributed by atoms with Gasteiger partial charge in [0.2, 0.25) is 0 Å². The summed E-state index contributed by atoms with van der Waals surface area (Å²) in [5.74, 6) is -2.18. The molecule has 0 amide bonds. The zero-order valence-electron chi connectivity index (χ0n) is 13.4. The minimum absolute atomic E-state index is 0.253. The molecule has 27 heavy (non-hydrogen) atoms. The second-order valence-electron chi connectivity index (χ2n) is 5.17. The first-order valence-electron chi connectivity index (χ1n) is 7.23. The summed E-state index contributed by atoms with van der Waals surface area (Å²) in [5, 5.41) is 18.3. The van der Waals surface area contributed by atoms with E-state index in [0.717, 1.165) is 12.1 Å². The summed E-state index contributed by atoms with van der Waals surface area (Å²) >= 11 is 0. The lowest BCUT2D eigenvalue weighted by Crippen LogP contribution is -2.32. The molecule has 0 aromatic heterocycles. The van der Waals surface area contributed by atoms with E-state index in [1.54, 1.807) is 30.3 Å². The van der Waals surface area contributed by atoms with Gasteiger partial charge in [0.05, 0.1) is 0 Å². The van der Waals surface area contributed by atoms with Gasteiger partial charge in [0.1, 0.15) is 12.2 Å². The highest BCUT2D eigenvalue weighted by Gasteiger charge is 2.49. The Kier molecular flexibility index (Phi) is 6.13. The zero-order valence-corrected chi connectivity index (χ0v) is 14.2. The lowest BCUT2D eigenvalue weighted by atomic mass is 9.79. The Morgan fingerprint density at radius 2 is 1.70 bits per heavy atom. The van der Waals surface area contributed by atoms with Crippen molar-refractivity contribution in [2.75, 3.05) is 0 Å². The van der Waals surface area contributed by atoms with Crippen molar-refractivity contribution < 1.29 is 45.4 Å². The van der Waals surface area contributed by atoms with Crippen molar-refractivity contribution in [2.24, 2.45) is 0 Å². The summed E-state index contributed by atoms with van der Waals surface area (Å²) in [6, 6.07) is 10.6. The molecular weight excluding hydrogens is 392 g/mol. The first kappa shape index (κ1) is 20.7. The molecular formula is C15H12BF3O7S. The van der Waals surface area contributed by atoms with Gasteiger partial charge in [-0.15, -0.1) is 0 Å². The number of rotatable bonds is 6. The summed E-state index contributed by atoms with van der Waals surface area (Å²) in [4.78, 5) is 12.2. The van der Waals surface area contributed by atoms with E-state index in [4.69, 9.17) is 14.8 Å². The van der Waals surface area contributed by atoms with E-state index in [-0.39, 0.29) is 12.1 Å². The molecule has 12 heteroatoms. The van der Waals surface area contributed by atoms with Gasteiger partial charge in [-0.25, -0.2) is 4.79 Å². The fourth-order valence-corrected chi connectivity index (χ4v) is 2.38. The number of hydrogen-bond acceptors (Lipinski definition) is 7. The predicted molar refractivity (Wildman–Crippen MR) is 87.4 cm³/mol. The number of benzene rings is 2. The Hall–Kier alpha value is -2.57. The van der Waals surface area contributed by atoms with E-state index in [1.165, 1.54) is 0 Å². The lowest BCUT2D eigenvalue weighted by molar-refractivity contribution is -0.0500. The fraction of sp³-hybridized carbons (Fsp3) is 0.133. The Bertz CT molecular complexity index is 915. The minimum atomic E-state index is -6.04. The van der Waals surface area contributed by atoms with Crippen LogP contribution in [0.4, 0.5) is 13.2 Å². The van der Waals surface area contributed by atoms with Crippen molar-refractivity contribution in [1.82, 2.24) is 0 Å². The number of carbonyl (C=O) groups is 1. The first-order valence-corrected chi connectivity index (χ1v) is 8.64. The second-order valence-corrected chi connectivity index (χ2v) is 6.71. The quantitative estimate of drug-likeness (QED) is 0.319. The molecule has 0 aliphatic rings. The van der Waals surface area contributed by atoms with Gasteiger partial charge in [-0.2, -0.15) is 21.6 Å². The minimum Gasteiger partial charge on any atom is -0.457 e. The second kappa shape index (κ2) is 7.98. The molecule has 0 saturated heterocycles. The number of carbonyl (C=O) groups excluding carboxylic acids is 1. The van der Waals surface area contributed by atoms with Crippen molar-refractivity contribution in [3.05, 3.63) is 59.7 Å². The molecule has 0 radical (unpaired) electrons. The van der Waals surface area contributed by atoms with Gasteiger partial charge in [-0.3, -0.25) is 0 Å². The molecule has 0 aliphatic carbocycles. The van der Waals surface area contributed by atoms with Crippen LogP contribution in [0.5, 0.6) is 5.75 Å². The van der Waals surface area contributed by atoms with Gasteiger partial charge in [0.15, 0.2) is 5.75 Å². The maximum absolute atomic E-state index is 12.5. The van der Waals surface area contributed by atoms with E-state index in [0.29, 0.717) is 11.6 Å². The van der Waals surface area contributed by atoms with Crippen LogP contribution in [-0.2, 0) is 21.5 Å². The number of alkyl halides is 3. The average Bonchev–Trinajstić information content (AvgIpc) is 2.59. The smallest absolute Gasteiger partial charge is 0.457 e. The molecule has 2 rings (SSSR count). The number of halogens is 3. The molecule has 0 saturated carbocycles. The molecule has 0 atom stereocenters. The van der Waals surface area contributed by atoms with E-state index in [9.17, 15) is 26.4 Å². The largest absolute Gasteiger partial charge is 0.534 e. The molecule has 0 fully saturated rings. The number of hydrogen-bond donors (Lipinski definition) is 2. The fourth-order valence-electron chi connectivity index (χ4n) is 1.91. The zero-order chi connectivity index (χ0) is 20.2. The third kappa shape index (κ3) is 5.22. The lowest BCUT2D eigenvalue weighted by Gasteiger charge is -2.14. The van der Waals surface area contributed by atoms with Crippen LogP contribution in [0.1, 0.15) is 15.9 Å². The van der Waals surface area contributed by atoms with Crippen molar-refractivity contribution in [2.45, 2.75) is 12.1 Å². The van der Waals surface area contributed by atoms with Crippen LogP contribution in [0.25, 0.3) is 0 Å². The summed E-state index contributed by atoms with van der Waals surface area (Å²) < 4.78 is 68.9. The summed E-state index contributed by atoms with van der Waals surface area (Å²) in [6.45, 7) is -0.253. The molecule has 0 unspecified atom stereocenters. The topological polar surface area (TPSA) is 110 Å². The maximum atomic E-state index is 12.5. The van der Waals surface area contributed by atoms with Crippen molar-refractivity contribution in [3.63, 3.8) is 0 Å². The van der Waals surface area contributed by atoms with Crippen molar-refractivity contribution >= 4 is 28.7 Å². The van der Waals surface area contributed by atoms with E-state index >= 15 is 0 Å². The van der Waals surface area contributed by atoms with E-state index < -0.39 is 40.0 Å².